The molecule has 0 saturated carbocycles. The number of benzene rings is 2. The molecule has 0 saturated heterocycles. The summed E-state index contributed by atoms with van der Waals surface area (Å²) in [5, 5.41) is 2.82. The number of carbonyl (C=O) groups excluding carboxylic acids is 1. The lowest BCUT2D eigenvalue weighted by molar-refractivity contribution is -0.128. The SMILES string of the molecule is CCC(Oc1ccccc1F)C(=O)NCCc1ccc(N)cc1.Cl. The fourth-order valence-electron chi connectivity index (χ4n) is 2.14. The van der Waals surface area contributed by atoms with Crippen molar-refractivity contribution in [1.82, 2.24) is 5.32 Å². The Morgan fingerprint density at radius 2 is 1.88 bits per heavy atom. The first kappa shape index (κ1) is 19.8. The molecule has 2 rings (SSSR count). The van der Waals surface area contributed by atoms with Gasteiger partial charge in [-0.2, -0.15) is 0 Å². The number of ether oxygens (including phenoxy) is 1. The zero-order valence-corrected chi connectivity index (χ0v) is 14.3. The normalized spacial score (nSPS) is 11.2. The van der Waals surface area contributed by atoms with Gasteiger partial charge in [0.15, 0.2) is 17.7 Å². The van der Waals surface area contributed by atoms with Crippen molar-refractivity contribution in [1.29, 1.82) is 0 Å². The van der Waals surface area contributed by atoms with Gasteiger partial charge >= 0.3 is 0 Å². The van der Waals surface area contributed by atoms with Crippen LogP contribution >= 0.6 is 12.4 Å². The predicted octanol–water partition coefficient (Wildman–Crippen LogP) is 3.35. The monoisotopic (exact) mass is 352 g/mol. The van der Waals surface area contributed by atoms with E-state index in [-0.39, 0.29) is 24.1 Å². The Balaban J connectivity index is 0.00000288. The molecule has 1 amide bonds. The molecule has 0 radical (unpaired) electrons. The van der Waals surface area contributed by atoms with Gasteiger partial charge < -0.3 is 15.8 Å². The molecule has 1 atom stereocenters. The molecule has 1 unspecified atom stereocenters. The Kier molecular flexibility index (Phi) is 8.06. The lowest BCUT2D eigenvalue weighted by Crippen LogP contribution is -2.39. The van der Waals surface area contributed by atoms with Crippen LogP contribution in [-0.4, -0.2) is 18.6 Å². The van der Waals surface area contributed by atoms with E-state index < -0.39 is 11.9 Å². The number of amides is 1. The lowest BCUT2D eigenvalue weighted by Gasteiger charge is -2.17. The molecular weight excluding hydrogens is 331 g/mol. The smallest absolute Gasteiger partial charge is 0.261 e. The number of hydrogen-bond donors (Lipinski definition) is 2. The molecule has 2 aromatic carbocycles. The third-order valence-electron chi connectivity index (χ3n) is 3.46. The number of hydrogen-bond acceptors (Lipinski definition) is 3. The summed E-state index contributed by atoms with van der Waals surface area (Å²) in [5.74, 6) is -0.625. The molecule has 0 fully saturated rings. The Hall–Kier alpha value is -2.27. The number of anilines is 1. The van der Waals surface area contributed by atoms with Crippen molar-refractivity contribution >= 4 is 24.0 Å². The van der Waals surface area contributed by atoms with Gasteiger partial charge in [0, 0.05) is 12.2 Å². The van der Waals surface area contributed by atoms with E-state index in [1.165, 1.54) is 12.1 Å². The van der Waals surface area contributed by atoms with Crippen molar-refractivity contribution in [2.45, 2.75) is 25.9 Å². The summed E-state index contributed by atoms with van der Waals surface area (Å²) in [6, 6.07) is 13.6. The van der Waals surface area contributed by atoms with E-state index in [1.807, 2.05) is 31.2 Å². The standard InChI is InChI=1S/C18H21FN2O2.ClH/c1-2-16(23-17-6-4-3-5-15(17)19)18(22)21-12-11-13-7-9-14(20)10-8-13;/h3-10,16H,2,11-12,20H2,1H3,(H,21,22);1H. The molecule has 3 N–H and O–H groups in total. The van der Waals surface area contributed by atoms with Gasteiger partial charge in [0.25, 0.3) is 5.91 Å². The first-order chi connectivity index (χ1) is 11.1. The van der Waals surface area contributed by atoms with Gasteiger partial charge in [0.2, 0.25) is 0 Å². The first-order valence-electron chi connectivity index (χ1n) is 7.63. The predicted molar refractivity (Wildman–Crippen MR) is 95.9 cm³/mol. The van der Waals surface area contributed by atoms with Crippen LogP contribution in [0.4, 0.5) is 10.1 Å². The maximum atomic E-state index is 13.6. The van der Waals surface area contributed by atoms with Gasteiger partial charge in [-0.3, -0.25) is 4.79 Å². The molecule has 0 spiro atoms. The maximum absolute atomic E-state index is 13.6. The summed E-state index contributed by atoms with van der Waals surface area (Å²) in [6.45, 7) is 2.31. The fraction of sp³-hybridized carbons (Fsp3) is 0.278. The molecule has 0 aliphatic heterocycles. The highest BCUT2D eigenvalue weighted by atomic mass is 35.5. The zero-order chi connectivity index (χ0) is 16.7. The second kappa shape index (κ2) is 9.78. The van der Waals surface area contributed by atoms with Crippen LogP contribution < -0.4 is 15.8 Å². The quantitative estimate of drug-likeness (QED) is 0.751. The topological polar surface area (TPSA) is 64.3 Å². The van der Waals surface area contributed by atoms with Crippen LogP contribution in [-0.2, 0) is 11.2 Å². The van der Waals surface area contributed by atoms with Crippen molar-refractivity contribution in [3.05, 3.63) is 59.9 Å². The molecule has 24 heavy (non-hydrogen) atoms. The van der Waals surface area contributed by atoms with Crippen molar-refractivity contribution in [3.63, 3.8) is 0 Å². The number of nitrogens with two attached hydrogens (primary N) is 1. The van der Waals surface area contributed by atoms with E-state index in [9.17, 15) is 9.18 Å². The van der Waals surface area contributed by atoms with Crippen LogP contribution in [0.2, 0.25) is 0 Å². The number of nitrogens with one attached hydrogen (secondary N) is 1. The molecular formula is C18H22ClFN2O2. The largest absolute Gasteiger partial charge is 0.478 e. The van der Waals surface area contributed by atoms with Crippen LogP contribution in [0.5, 0.6) is 5.75 Å². The fourth-order valence-corrected chi connectivity index (χ4v) is 2.14. The summed E-state index contributed by atoms with van der Waals surface area (Å²) < 4.78 is 19.1. The molecule has 2 aromatic rings. The van der Waals surface area contributed by atoms with E-state index in [0.717, 1.165) is 5.56 Å². The van der Waals surface area contributed by atoms with Crippen LogP contribution in [0, 0.1) is 5.82 Å². The van der Waals surface area contributed by atoms with Gasteiger partial charge in [-0.15, -0.1) is 12.4 Å². The van der Waals surface area contributed by atoms with Gasteiger partial charge in [0.05, 0.1) is 0 Å². The van der Waals surface area contributed by atoms with Crippen molar-refractivity contribution in [2.24, 2.45) is 0 Å². The summed E-state index contributed by atoms with van der Waals surface area (Å²) in [6.07, 6.45) is 0.447. The second-order valence-corrected chi connectivity index (χ2v) is 5.23. The number of carbonyl (C=O) groups is 1. The third-order valence-corrected chi connectivity index (χ3v) is 3.46. The van der Waals surface area contributed by atoms with Crippen LogP contribution in [0.25, 0.3) is 0 Å². The molecule has 0 aliphatic carbocycles. The Labute approximate surface area is 147 Å². The summed E-state index contributed by atoms with van der Waals surface area (Å²) in [7, 11) is 0. The number of nitrogen functional groups attached to an aromatic ring is 1. The van der Waals surface area contributed by atoms with Crippen molar-refractivity contribution in [2.75, 3.05) is 12.3 Å². The highest BCUT2D eigenvalue weighted by molar-refractivity contribution is 5.85. The van der Waals surface area contributed by atoms with Crippen LogP contribution in [0.3, 0.4) is 0 Å². The maximum Gasteiger partial charge on any atom is 0.261 e. The minimum absolute atomic E-state index is 0. The Morgan fingerprint density at radius 1 is 1.21 bits per heavy atom. The molecule has 0 aliphatic rings. The minimum Gasteiger partial charge on any atom is -0.478 e. The number of halogens is 2. The molecule has 6 heteroatoms. The van der Waals surface area contributed by atoms with Crippen LogP contribution in [0.1, 0.15) is 18.9 Å². The average molecular weight is 353 g/mol. The van der Waals surface area contributed by atoms with E-state index in [2.05, 4.69) is 5.32 Å². The van der Waals surface area contributed by atoms with E-state index in [1.54, 1.807) is 12.1 Å². The zero-order valence-electron chi connectivity index (χ0n) is 13.5. The van der Waals surface area contributed by atoms with Gasteiger partial charge in [0.1, 0.15) is 0 Å². The van der Waals surface area contributed by atoms with E-state index in [4.69, 9.17) is 10.5 Å². The van der Waals surface area contributed by atoms with Gasteiger partial charge in [-0.1, -0.05) is 31.2 Å². The third kappa shape index (κ3) is 5.74. The summed E-state index contributed by atoms with van der Waals surface area (Å²) in [4.78, 5) is 12.2. The lowest BCUT2D eigenvalue weighted by atomic mass is 10.1. The first-order valence-corrected chi connectivity index (χ1v) is 7.63. The van der Waals surface area contributed by atoms with Crippen molar-refractivity contribution in [3.8, 4) is 5.75 Å². The average Bonchev–Trinajstić information content (AvgIpc) is 2.56. The summed E-state index contributed by atoms with van der Waals surface area (Å²) >= 11 is 0. The molecule has 0 heterocycles. The van der Waals surface area contributed by atoms with E-state index in [0.29, 0.717) is 25.1 Å². The minimum atomic E-state index is -0.710. The number of rotatable bonds is 7. The summed E-state index contributed by atoms with van der Waals surface area (Å²) in [5.41, 5.74) is 7.43. The molecule has 0 bridgehead atoms. The molecule has 0 aromatic heterocycles. The molecule has 130 valence electrons. The van der Waals surface area contributed by atoms with Gasteiger partial charge in [-0.05, 0) is 42.7 Å². The number of para-hydroxylation sites is 1. The second-order valence-electron chi connectivity index (χ2n) is 5.23. The van der Waals surface area contributed by atoms with Gasteiger partial charge in [-0.25, -0.2) is 4.39 Å². The Bertz CT molecular complexity index is 650. The van der Waals surface area contributed by atoms with Crippen LogP contribution in [0.15, 0.2) is 48.5 Å². The highest BCUT2D eigenvalue weighted by Crippen LogP contribution is 2.18. The Morgan fingerprint density at radius 3 is 2.50 bits per heavy atom. The van der Waals surface area contributed by atoms with Crippen molar-refractivity contribution < 1.29 is 13.9 Å². The van der Waals surface area contributed by atoms with E-state index >= 15 is 0 Å². The molecule has 4 nitrogen and oxygen atoms in total. The highest BCUT2D eigenvalue weighted by Gasteiger charge is 2.19.